The fourth-order valence-electron chi connectivity index (χ4n) is 1.69. The van der Waals surface area contributed by atoms with E-state index in [2.05, 4.69) is 4.99 Å². The molecule has 1 atom stereocenters. The quantitative estimate of drug-likeness (QED) is 0.603. The van der Waals surface area contributed by atoms with Gasteiger partial charge in [-0.05, 0) is 17.7 Å². The van der Waals surface area contributed by atoms with Crippen LogP contribution < -0.4 is 10.2 Å². The van der Waals surface area contributed by atoms with Gasteiger partial charge >= 0.3 is 0 Å². The summed E-state index contributed by atoms with van der Waals surface area (Å²) in [5.41, 5.74) is 2.55. The number of rotatable bonds is 4. The number of carbonyl (C=O) groups excluding carboxylic acids is 1. The third-order valence-corrected chi connectivity index (χ3v) is 2.61. The van der Waals surface area contributed by atoms with Gasteiger partial charge in [0, 0.05) is 6.42 Å². The Labute approximate surface area is 104 Å². The summed E-state index contributed by atoms with van der Waals surface area (Å²) in [6, 6.07) is 6.86. The summed E-state index contributed by atoms with van der Waals surface area (Å²) in [4.78, 5) is 15.2. The summed E-state index contributed by atoms with van der Waals surface area (Å²) in [7, 11) is 1.60. The highest BCUT2D eigenvalue weighted by Crippen LogP contribution is 2.15. The second kappa shape index (κ2) is 5.50. The molecule has 0 saturated carbocycles. The third kappa shape index (κ3) is 2.78. The van der Waals surface area contributed by atoms with Crippen LogP contribution in [0.3, 0.4) is 0 Å². The van der Waals surface area contributed by atoms with Crippen LogP contribution in [-0.4, -0.2) is 36.8 Å². The summed E-state index contributed by atoms with van der Waals surface area (Å²) in [5.74, 6) is 0.684. The molecule has 0 aliphatic carbocycles. The Morgan fingerprint density at radius 2 is 2.50 bits per heavy atom. The minimum absolute atomic E-state index is 0.158. The Kier molecular flexibility index (Phi) is 3.78. The van der Waals surface area contributed by atoms with E-state index >= 15 is 0 Å². The molecule has 2 N–H and O–H groups in total. The molecule has 96 valence electrons. The minimum atomic E-state index is -0.671. The predicted molar refractivity (Wildman–Crippen MR) is 63.8 cm³/mol. The van der Waals surface area contributed by atoms with Crippen molar-refractivity contribution in [3.05, 3.63) is 29.8 Å². The zero-order chi connectivity index (χ0) is 13.0. The summed E-state index contributed by atoms with van der Waals surface area (Å²) in [5, 5.41) is 8.50. The van der Waals surface area contributed by atoms with Crippen molar-refractivity contribution in [1.82, 2.24) is 5.48 Å². The Bertz CT molecular complexity index is 473. The molecule has 18 heavy (non-hydrogen) atoms. The Hall–Kier alpha value is -2.08. The zero-order valence-electron chi connectivity index (χ0n) is 9.92. The van der Waals surface area contributed by atoms with Crippen molar-refractivity contribution in [3.8, 4) is 5.75 Å². The van der Waals surface area contributed by atoms with Gasteiger partial charge in [0.05, 0.1) is 7.11 Å². The number of methoxy groups -OCH3 is 1. The topological polar surface area (TPSA) is 80.2 Å². The molecule has 1 aliphatic heterocycles. The largest absolute Gasteiger partial charge is 0.497 e. The lowest BCUT2D eigenvalue weighted by molar-refractivity contribution is -0.130. The van der Waals surface area contributed by atoms with Crippen LogP contribution in [0, 0.1) is 0 Å². The van der Waals surface area contributed by atoms with Crippen molar-refractivity contribution in [2.75, 3.05) is 13.7 Å². The van der Waals surface area contributed by atoms with Crippen molar-refractivity contribution in [3.63, 3.8) is 0 Å². The first-order valence-corrected chi connectivity index (χ1v) is 5.49. The highest BCUT2D eigenvalue weighted by molar-refractivity contribution is 5.88. The molecule has 6 nitrogen and oxygen atoms in total. The second-order valence-electron chi connectivity index (χ2n) is 3.85. The normalized spacial score (nSPS) is 17.9. The molecule has 0 aromatic heterocycles. The number of nitrogens with one attached hydrogen (secondary N) is 1. The van der Waals surface area contributed by atoms with Crippen LogP contribution in [0.5, 0.6) is 5.75 Å². The van der Waals surface area contributed by atoms with E-state index in [0.717, 1.165) is 11.3 Å². The molecule has 0 radical (unpaired) electrons. The Morgan fingerprint density at radius 3 is 3.22 bits per heavy atom. The van der Waals surface area contributed by atoms with E-state index in [-0.39, 0.29) is 6.61 Å². The summed E-state index contributed by atoms with van der Waals surface area (Å²) < 4.78 is 10.4. The molecule has 2 rings (SSSR count). The number of amides is 1. The monoisotopic (exact) mass is 250 g/mol. The van der Waals surface area contributed by atoms with Crippen LogP contribution in [0.2, 0.25) is 0 Å². The van der Waals surface area contributed by atoms with Gasteiger partial charge in [0.15, 0.2) is 11.9 Å². The van der Waals surface area contributed by atoms with Crippen molar-refractivity contribution >= 4 is 11.8 Å². The molecule has 1 aliphatic rings. The van der Waals surface area contributed by atoms with Gasteiger partial charge in [-0.2, -0.15) is 0 Å². The van der Waals surface area contributed by atoms with E-state index in [1.54, 1.807) is 12.6 Å². The maximum atomic E-state index is 11.1. The molecule has 1 aromatic carbocycles. The number of nitrogens with zero attached hydrogens (tertiary/aromatic N) is 1. The third-order valence-electron chi connectivity index (χ3n) is 2.61. The van der Waals surface area contributed by atoms with Crippen LogP contribution in [0.25, 0.3) is 0 Å². The molecular weight excluding hydrogens is 236 g/mol. The molecule has 0 saturated heterocycles. The summed E-state index contributed by atoms with van der Waals surface area (Å²) in [6.45, 7) is 0.158. The van der Waals surface area contributed by atoms with Crippen LogP contribution in [0.15, 0.2) is 29.3 Å². The van der Waals surface area contributed by atoms with Gasteiger partial charge in [-0.15, -0.1) is 0 Å². The van der Waals surface area contributed by atoms with E-state index < -0.39 is 11.9 Å². The maximum absolute atomic E-state index is 11.1. The molecule has 0 spiro atoms. The van der Waals surface area contributed by atoms with E-state index in [0.29, 0.717) is 12.3 Å². The number of hydrogen-bond donors (Lipinski definition) is 2. The first-order valence-electron chi connectivity index (χ1n) is 5.49. The standard InChI is InChI=1S/C12H14N2O4/c1-17-9-4-2-3-8(5-9)6-11-13-10(7-18-11)12(15)14-16/h2-5,10,16H,6-7H2,1H3,(H,14,15)/t10-/m1/s1. The minimum Gasteiger partial charge on any atom is -0.497 e. The van der Waals surface area contributed by atoms with Gasteiger partial charge in [-0.3, -0.25) is 10.0 Å². The van der Waals surface area contributed by atoms with Gasteiger partial charge in [0.1, 0.15) is 12.4 Å². The molecule has 1 aromatic rings. The van der Waals surface area contributed by atoms with Crippen LogP contribution in [-0.2, 0) is 16.0 Å². The van der Waals surface area contributed by atoms with Crippen molar-refractivity contribution in [2.24, 2.45) is 4.99 Å². The lowest BCUT2D eigenvalue weighted by Crippen LogP contribution is -2.31. The van der Waals surface area contributed by atoms with E-state index in [1.807, 2.05) is 24.3 Å². The van der Waals surface area contributed by atoms with Gasteiger partial charge in [-0.25, -0.2) is 10.5 Å². The Balaban J connectivity index is 2.03. The molecule has 6 heteroatoms. The SMILES string of the molecule is COc1cccc(CC2=N[C@@H](C(=O)NO)CO2)c1. The molecule has 1 amide bonds. The number of carbonyl (C=O) groups is 1. The van der Waals surface area contributed by atoms with Crippen molar-refractivity contribution in [1.29, 1.82) is 0 Å². The van der Waals surface area contributed by atoms with Gasteiger partial charge in [-0.1, -0.05) is 12.1 Å². The van der Waals surface area contributed by atoms with E-state index in [4.69, 9.17) is 14.7 Å². The fourth-order valence-corrected chi connectivity index (χ4v) is 1.69. The molecular formula is C12H14N2O4. The zero-order valence-corrected chi connectivity index (χ0v) is 9.92. The number of hydroxylamine groups is 1. The van der Waals surface area contributed by atoms with Crippen LogP contribution in [0.1, 0.15) is 5.56 Å². The summed E-state index contributed by atoms with van der Waals surface area (Å²) >= 11 is 0. The molecule has 0 fully saturated rings. The van der Waals surface area contributed by atoms with Crippen molar-refractivity contribution < 1.29 is 19.5 Å². The molecule has 0 bridgehead atoms. The van der Waals surface area contributed by atoms with Crippen LogP contribution >= 0.6 is 0 Å². The maximum Gasteiger partial charge on any atom is 0.271 e. The first-order chi connectivity index (χ1) is 8.72. The smallest absolute Gasteiger partial charge is 0.271 e. The number of benzene rings is 1. The lowest BCUT2D eigenvalue weighted by atomic mass is 10.1. The first kappa shape index (κ1) is 12.4. The van der Waals surface area contributed by atoms with Crippen molar-refractivity contribution in [2.45, 2.75) is 12.5 Å². The van der Waals surface area contributed by atoms with E-state index in [9.17, 15) is 4.79 Å². The summed E-state index contributed by atoms with van der Waals surface area (Å²) in [6.07, 6.45) is 0.492. The predicted octanol–water partition coefficient (Wildman–Crippen LogP) is 0.540. The molecule has 0 unspecified atom stereocenters. The Morgan fingerprint density at radius 1 is 1.67 bits per heavy atom. The fraction of sp³-hybridized carbons (Fsp3) is 0.333. The second-order valence-corrected chi connectivity index (χ2v) is 3.85. The highest BCUT2D eigenvalue weighted by atomic mass is 16.5. The van der Waals surface area contributed by atoms with Crippen LogP contribution in [0.4, 0.5) is 0 Å². The number of hydrogen-bond acceptors (Lipinski definition) is 5. The molecule has 1 heterocycles. The highest BCUT2D eigenvalue weighted by Gasteiger charge is 2.25. The van der Waals surface area contributed by atoms with Gasteiger partial charge in [0.25, 0.3) is 5.91 Å². The lowest BCUT2D eigenvalue weighted by Gasteiger charge is -2.04. The van der Waals surface area contributed by atoms with Gasteiger partial charge in [0.2, 0.25) is 0 Å². The average molecular weight is 250 g/mol. The number of aliphatic imine (C=N–C) groups is 1. The van der Waals surface area contributed by atoms with Gasteiger partial charge < -0.3 is 9.47 Å². The number of ether oxygens (including phenoxy) is 2. The average Bonchev–Trinajstić information content (AvgIpc) is 2.86. The van der Waals surface area contributed by atoms with E-state index in [1.165, 1.54) is 0 Å².